The van der Waals surface area contributed by atoms with Crippen molar-refractivity contribution in [2.75, 3.05) is 0 Å². The average molecular weight is 276 g/mol. The predicted octanol–water partition coefficient (Wildman–Crippen LogP) is 2.39. The maximum Gasteiger partial charge on any atom is 0.425 e. The summed E-state index contributed by atoms with van der Waals surface area (Å²) in [5.41, 5.74) is -0.770. The Bertz CT molecular complexity index is 666. The lowest BCUT2D eigenvalue weighted by molar-refractivity contribution is -0.189. The zero-order valence-electron chi connectivity index (χ0n) is 9.58. The Balaban J connectivity index is 2.57. The molecule has 0 saturated heterocycles. The van der Waals surface area contributed by atoms with Gasteiger partial charge in [-0.1, -0.05) is 0 Å². The van der Waals surface area contributed by atoms with Gasteiger partial charge in [0.05, 0.1) is 6.20 Å². The number of aromatic amines is 1. The molecule has 1 unspecified atom stereocenters. The quantitative estimate of drug-likeness (QED) is 0.857. The van der Waals surface area contributed by atoms with E-state index in [1.165, 1.54) is 12.3 Å². The van der Waals surface area contributed by atoms with Gasteiger partial charge in [0.15, 0.2) is 6.10 Å². The number of alkyl halides is 3. The van der Waals surface area contributed by atoms with Gasteiger partial charge in [-0.25, -0.2) is 9.37 Å². The van der Waals surface area contributed by atoms with E-state index in [1.807, 2.05) is 0 Å². The van der Waals surface area contributed by atoms with Crippen molar-refractivity contribution in [1.82, 2.24) is 9.97 Å². The first kappa shape index (κ1) is 13.3. The molecular formula is C11H8F4N2O2. The fraction of sp³-hybridized carbons (Fsp3) is 0.273. The van der Waals surface area contributed by atoms with Crippen LogP contribution in [0.25, 0.3) is 10.8 Å². The number of hydrogen-bond donors (Lipinski definition) is 1. The lowest BCUT2D eigenvalue weighted by Gasteiger charge is -2.17. The molecule has 0 amide bonds. The monoisotopic (exact) mass is 276 g/mol. The number of rotatable bonds is 2. The Labute approximate surface area is 104 Å². The van der Waals surface area contributed by atoms with E-state index in [0.29, 0.717) is 6.20 Å². The summed E-state index contributed by atoms with van der Waals surface area (Å²) in [6.07, 6.45) is -4.87. The molecule has 4 nitrogen and oxygen atoms in total. The maximum atomic E-state index is 13.4. The molecule has 19 heavy (non-hydrogen) atoms. The zero-order chi connectivity index (χ0) is 14.2. The van der Waals surface area contributed by atoms with Crippen molar-refractivity contribution in [3.63, 3.8) is 0 Å². The van der Waals surface area contributed by atoms with Crippen LogP contribution in [0.4, 0.5) is 17.6 Å². The van der Waals surface area contributed by atoms with Crippen molar-refractivity contribution < 1.29 is 22.3 Å². The second kappa shape index (κ2) is 4.52. The number of nitrogens with zero attached hydrogens (tertiary/aromatic N) is 1. The van der Waals surface area contributed by atoms with E-state index in [-0.39, 0.29) is 10.8 Å². The molecule has 1 atom stereocenters. The minimum absolute atomic E-state index is 0.150. The Hall–Kier alpha value is -2.12. The van der Waals surface area contributed by atoms with Gasteiger partial charge >= 0.3 is 6.18 Å². The van der Waals surface area contributed by atoms with Gasteiger partial charge in [0.2, 0.25) is 5.88 Å². The highest BCUT2D eigenvalue weighted by Gasteiger charge is 2.38. The molecule has 0 spiro atoms. The number of ether oxygens (including phenoxy) is 1. The fourth-order valence-electron chi connectivity index (χ4n) is 1.46. The first-order valence-corrected chi connectivity index (χ1v) is 5.20. The van der Waals surface area contributed by atoms with Crippen LogP contribution < -0.4 is 10.3 Å². The third-order valence-corrected chi connectivity index (χ3v) is 2.48. The molecule has 2 rings (SSSR count). The lowest BCUT2D eigenvalue weighted by Crippen LogP contribution is -2.31. The number of halogens is 4. The third-order valence-electron chi connectivity index (χ3n) is 2.48. The minimum Gasteiger partial charge on any atom is -0.464 e. The van der Waals surface area contributed by atoms with E-state index < -0.39 is 29.5 Å². The van der Waals surface area contributed by atoms with Crippen LogP contribution in [0.5, 0.6) is 5.88 Å². The topological polar surface area (TPSA) is 55.0 Å². The molecular weight excluding hydrogens is 268 g/mol. The first-order chi connectivity index (χ1) is 8.80. The van der Waals surface area contributed by atoms with Crippen molar-refractivity contribution in [1.29, 1.82) is 0 Å². The molecule has 2 heterocycles. The summed E-state index contributed by atoms with van der Waals surface area (Å²) in [7, 11) is 0. The van der Waals surface area contributed by atoms with Crippen LogP contribution in [-0.4, -0.2) is 22.2 Å². The van der Waals surface area contributed by atoms with Gasteiger partial charge in [0, 0.05) is 11.6 Å². The van der Waals surface area contributed by atoms with Crippen molar-refractivity contribution >= 4 is 10.8 Å². The summed E-state index contributed by atoms with van der Waals surface area (Å²) in [4.78, 5) is 17.2. The molecule has 0 aromatic carbocycles. The third kappa shape index (κ3) is 2.51. The molecule has 0 aliphatic carbocycles. The van der Waals surface area contributed by atoms with E-state index in [1.54, 1.807) is 0 Å². The zero-order valence-corrected chi connectivity index (χ0v) is 9.58. The molecule has 8 heteroatoms. The van der Waals surface area contributed by atoms with Crippen LogP contribution in [0.2, 0.25) is 0 Å². The van der Waals surface area contributed by atoms with Crippen molar-refractivity contribution in [3.8, 4) is 5.88 Å². The van der Waals surface area contributed by atoms with E-state index >= 15 is 0 Å². The number of hydrogen-bond acceptors (Lipinski definition) is 3. The van der Waals surface area contributed by atoms with Gasteiger partial charge in [-0.15, -0.1) is 0 Å². The molecule has 0 aliphatic rings. The predicted molar refractivity (Wildman–Crippen MR) is 58.5 cm³/mol. The normalized spacial score (nSPS) is 13.5. The molecule has 2 aromatic heterocycles. The maximum absolute atomic E-state index is 13.4. The Kier molecular flexibility index (Phi) is 3.17. The molecule has 0 fully saturated rings. The summed E-state index contributed by atoms with van der Waals surface area (Å²) < 4.78 is 55.2. The minimum atomic E-state index is -4.61. The Morgan fingerprint density at radius 1 is 1.42 bits per heavy atom. The summed E-state index contributed by atoms with van der Waals surface area (Å²) in [5, 5.41) is -0.498. The van der Waals surface area contributed by atoms with E-state index in [9.17, 15) is 22.4 Å². The number of aromatic nitrogens is 2. The Morgan fingerprint density at radius 3 is 2.74 bits per heavy atom. The van der Waals surface area contributed by atoms with Gasteiger partial charge in [0.1, 0.15) is 11.2 Å². The van der Waals surface area contributed by atoms with E-state index in [4.69, 9.17) is 0 Å². The van der Waals surface area contributed by atoms with Gasteiger partial charge in [-0.2, -0.15) is 13.2 Å². The average Bonchev–Trinajstić information content (AvgIpc) is 2.32. The van der Waals surface area contributed by atoms with Crippen LogP contribution in [0.15, 0.2) is 23.3 Å². The van der Waals surface area contributed by atoms with Crippen LogP contribution in [0, 0.1) is 5.82 Å². The second-order valence-corrected chi connectivity index (χ2v) is 3.81. The van der Waals surface area contributed by atoms with Crippen molar-refractivity contribution in [2.24, 2.45) is 0 Å². The summed E-state index contributed by atoms with van der Waals surface area (Å²) in [6.45, 7) is 0.772. The highest BCUT2D eigenvalue weighted by Crippen LogP contribution is 2.27. The summed E-state index contributed by atoms with van der Waals surface area (Å²) >= 11 is 0. The van der Waals surface area contributed by atoms with Gasteiger partial charge in [0.25, 0.3) is 5.56 Å². The Morgan fingerprint density at radius 2 is 2.11 bits per heavy atom. The molecule has 0 saturated carbocycles. The molecule has 1 N–H and O–H groups in total. The first-order valence-electron chi connectivity index (χ1n) is 5.20. The molecule has 102 valence electrons. The fourth-order valence-corrected chi connectivity index (χ4v) is 1.46. The largest absolute Gasteiger partial charge is 0.464 e. The van der Waals surface area contributed by atoms with Crippen LogP contribution in [0.3, 0.4) is 0 Å². The van der Waals surface area contributed by atoms with Crippen LogP contribution in [-0.2, 0) is 0 Å². The standard InChI is InChI=1S/C11H8F4N2O2/c1-5(11(13,14)15)19-10-8-6(7(12)4-17-10)2-3-16-9(8)18/h2-5H,1H3,(H,16,18). The van der Waals surface area contributed by atoms with E-state index in [2.05, 4.69) is 14.7 Å². The van der Waals surface area contributed by atoms with Gasteiger partial charge in [-0.3, -0.25) is 4.79 Å². The van der Waals surface area contributed by atoms with Crippen LogP contribution in [0.1, 0.15) is 6.92 Å². The number of pyridine rings is 2. The second-order valence-electron chi connectivity index (χ2n) is 3.81. The van der Waals surface area contributed by atoms with E-state index in [0.717, 1.165) is 6.92 Å². The molecule has 2 aromatic rings. The SMILES string of the molecule is CC(Oc1ncc(F)c2cc[nH]c(=O)c12)C(F)(F)F. The molecule has 0 aliphatic heterocycles. The molecule has 0 bridgehead atoms. The van der Waals surface area contributed by atoms with Crippen LogP contribution >= 0.6 is 0 Å². The lowest BCUT2D eigenvalue weighted by atomic mass is 10.2. The molecule has 0 radical (unpaired) electrons. The smallest absolute Gasteiger partial charge is 0.425 e. The van der Waals surface area contributed by atoms with Gasteiger partial charge < -0.3 is 9.72 Å². The number of nitrogens with one attached hydrogen (secondary N) is 1. The number of H-pyrrole nitrogens is 1. The van der Waals surface area contributed by atoms with Crippen molar-refractivity contribution in [2.45, 2.75) is 19.2 Å². The summed E-state index contributed by atoms with van der Waals surface area (Å²) in [6, 6.07) is 1.22. The highest BCUT2D eigenvalue weighted by molar-refractivity contribution is 5.86. The number of fused-ring (bicyclic) bond motifs is 1. The highest BCUT2D eigenvalue weighted by atomic mass is 19.4. The summed E-state index contributed by atoms with van der Waals surface area (Å²) in [5.74, 6) is -1.36. The van der Waals surface area contributed by atoms with Crippen molar-refractivity contribution in [3.05, 3.63) is 34.6 Å². The van der Waals surface area contributed by atoms with Gasteiger partial charge in [-0.05, 0) is 13.0 Å².